The van der Waals surface area contributed by atoms with Crippen molar-refractivity contribution >= 4 is 28.6 Å². The maximum Gasteiger partial charge on any atom is 0.341 e. The summed E-state index contributed by atoms with van der Waals surface area (Å²) in [6, 6.07) is 2.15. The number of carbonyl (C=O) groups excluding carboxylic acids is 1. The summed E-state index contributed by atoms with van der Waals surface area (Å²) < 4.78 is 17.8. The number of phenolic OH excluding ortho intramolecular Hbond substituents is 1. The van der Waals surface area contributed by atoms with Gasteiger partial charge >= 0.3 is 5.97 Å². The molecule has 0 aromatic heterocycles. The highest BCUT2D eigenvalue weighted by Crippen LogP contribution is 2.23. The Morgan fingerprint density at radius 3 is 2.86 bits per heavy atom. The van der Waals surface area contributed by atoms with Crippen molar-refractivity contribution in [3.63, 3.8) is 0 Å². The Morgan fingerprint density at radius 2 is 2.29 bits per heavy atom. The van der Waals surface area contributed by atoms with E-state index < -0.39 is 17.5 Å². The van der Waals surface area contributed by atoms with Gasteiger partial charge in [0.15, 0.2) is 0 Å². The summed E-state index contributed by atoms with van der Waals surface area (Å²) in [4.78, 5) is 11.2. The molecule has 5 heteroatoms. The highest BCUT2D eigenvalue weighted by atomic mass is 127. The van der Waals surface area contributed by atoms with E-state index in [0.29, 0.717) is 0 Å². The van der Waals surface area contributed by atoms with Crippen LogP contribution in [0.15, 0.2) is 12.1 Å². The molecule has 0 unspecified atom stereocenters. The molecular formula is C9H8FIO3. The van der Waals surface area contributed by atoms with Gasteiger partial charge in [-0.2, -0.15) is 0 Å². The van der Waals surface area contributed by atoms with Crippen LogP contribution in [0.25, 0.3) is 0 Å². The van der Waals surface area contributed by atoms with E-state index in [2.05, 4.69) is 4.74 Å². The summed E-state index contributed by atoms with van der Waals surface area (Å²) in [6.07, 6.45) is 0. The second-order valence-corrected chi connectivity index (χ2v) is 3.67. The third kappa shape index (κ3) is 2.34. The smallest absolute Gasteiger partial charge is 0.341 e. The Morgan fingerprint density at radius 1 is 1.64 bits per heavy atom. The van der Waals surface area contributed by atoms with Gasteiger partial charge in [-0.05, 0) is 35.6 Å². The number of hydrogen-bond donors (Lipinski definition) is 1. The fraction of sp³-hybridized carbons (Fsp3) is 0.222. The van der Waals surface area contributed by atoms with Crippen molar-refractivity contribution in [3.8, 4) is 5.75 Å². The molecule has 14 heavy (non-hydrogen) atoms. The van der Waals surface area contributed by atoms with Gasteiger partial charge in [0.05, 0.1) is 6.61 Å². The summed E-state index contributed by atoms with van der Waals surface area (Å²) in [5.41, 5.74) is -0.0161. The van der Waals surface area contributed by atoms with Crippen LogP contribution in [0.3, 0.4) is 0 Å². The minimum absolute atomic E-state index is 0.0161. The molecule has 1 N–H and O–H groups in total. The number of aromatic hydroxyl groups is 1. The number of hydrogen-bond acceptors (Lipinski definition) is 3. The van der Waals surface area contributed by atoms with Crippen LogP contribution < -0.4 is 0 Å². The van der Waals surface area contributed by atoms with E-state index in [9.17, 15) is 14.3 Å². The Balaban J connectivity index is 3.09. The van der Waals surface area contributed by atoms with E-state index in [0.717, 1.165) is 6.07 Å². The number of esters is 1. The summed E-state index contributed by atoms with van der Waals surface area (Å²) in [5.74, 6) is -1.61. The molecule has 1 aromatic rings. The predicted octanol–water partition coefficient (Wildman–Crippen LogP) is 2.31. The van der Waals surface area contributed by atoms with Crippen molar-refractivity contribution in [3.05, 3.63) is 27.1 Å². The Hall–Kier alpha value is -0.850. The molecule has 0 bridgehead atoms. The number of carbonyl (C=O) groups is 1. The minimum Gasteiger partial charge on any atom is -0.507 e. The molecule has 0 fully saturated rings. The van der Waals surface area contributed by atoms with Crippen molar-refractivity contribution in [2.24, 2.45) is 0 Å². The first-order chi connectivity index (χ1) is 6.56. The standard InChI is InChI=1S/C9H8FIO3/c1-2-14-9(13)5-3-7(11)6(10)4-8(5)12/h3-4,12H,2H2,1H3. The Labute approximate surface area is 94.0 Å². The number of benzene rings is 1. The number of rotatable bonds is 2. The molecule has 0 aliphatic heterocycles. The fourth-order valence-electron chi connectivity index (χ4n) is 0.909. The van der Waals surface area contributed by atoms with E-state index in [1.54, 1.807) is 29.5 Å². The summed E-state index contributed by atoms with van der Waals surface area (Å²) in [5, 5.41) is 9.27. The number of halogens is 2. The second-order valence-electron chi connectivity index (χ2n) is 2.50. The third-order valence-corrected chi connectivity index (χ3v) is 2.36. The van der Waals surface area contributed by atoms with Gasteiger partial charge in [-0.25, -0.2) is 9.18 Å². The normalized spacial score (nSPS) is 9.93. The first-order valence-electron chi connectivity index (χ1n) is 3.91. The van der Waals surface area contributed by atoms with Crippen molar-refractivity contribution in [1.29, 1.82) is 0 Å². The van der Waals surface area contributed by atoms with Gasteiger partial charge in [0, 0.05) is 9.64 Å². The molecule has 0 aliphatic rings. The molecule has 0 saturated carbocycles. The molecule has 0 atom stereocenters. The molecule has 0 heterocycles. The minimum atomic E-state index is -0.650. The molecule has 0 amide bonds. The monoisotopic (exact) mass is 310 g/mol. The van der Waals surface area contributed by atoms with Gasteiger partial charge in [0.1, 0.15) is 17.1 Å². The van der Waals surface area contributed by atoms with Crippen LogP contribution in [0.1, 0.15) is 17.3 Å². The van der Waals surface area contributed by atoms with Gasteiger partial charge in [-0.3, -0.25) is 0 Å². The van der Waals surface area contributed by atoms with Gasteiger partial charge in [-0.1, -0.05) is 0 Å². The quantitative estimate of drug-likeness (QED) is 0.673. The lowest BCUT2D eigenvalue weighted by molar-refractivity contribution is 0.0523. The maximum absolute atomic E-state index is 12.9. The molecule has 0 spiro atoms. The lowest BCUT2D eigenvalue weighted by Gasteiger charge is -2.05. The largest absolute Gasteiger partial charge is 0.507 e. The van der Waals surface area contributed by atoms with E-state index in [4.69, 9.17) is 0 Å². The predicted molar refractivity (Wildman–Crippen MR) is 56.7 cm³/mol. The number of ether oxygens (including phenoxy) is 1. The van der Waals surface area contributed by atoms with E-state index >= 15 is 0 Å². The second kappa shape index (κ2) is 4.59. The zero-order valence-corrected chi connectivity index (χ0v) is 9.54. The van der Waals surface area contributed by atoms with Crippen LogP contribution >= 0.6 is 22.6 Å². The zero-order chi connectivity index (χ0) is 10.7. The zero-order valence-electron chi connectivity index (χ0n) is 7.38. The molecular weight excluding hydrogens is 302 g/mol. The molecule has 3 nitrogen and oxygen atoms in total. The average Bonchev–Trinajstić information content (AvgIpc) is 2.11. The highest BCUT2D eigenvalue weighted by Gasteiger charge is 2.15. The average molecular weight is 310 g/mol. The SMILES string of the molecule is CCOC(=O)c1cc(I)c(F)cc1O. The van der Waals surface area contributed by atoms with Crippen molar-refractivity contribution < 1.29 is 19.0 Å². The van der Waals surface area contributed by atoms with Crippen LogP contribution in [0, 0.1) is 9.39 Å². The first kappa shape index (κ1) is 11.2. The van der Waals surface area contributed by atoms with Crippen molar-refractivity contribution in [1.82, 2.24) is 0 Å². The van der Waals surface area contributed by atoms with Crippen molar-refractivity contribution in [2.75, 3.05) is 6.61 Å². The number of phenols is 1. The Kier molecular flexibility index (Phi) is 3.68. The van der Waals surface area contributed by atoms with Crippen LogP contribution in [-0.2, 0) is 4.74 Å². The van der Waals surface area contributed by atoms with Gasteiger partial charge < -0.3 is 9.84 Å². The fourth-order valence-corrected chi connectivity index (χ4v) is 1.38. The third-order valence-electron chi connectivity index (χ3n) is 1.53. The Bertz CT molecular complexity index is 365. The van der Waals surface area contributed by atoms with E-state index in [1.807, 2.05) is 0 Å². The summed E-state index contributed by atoms with van der Waals surface area (Å²) in [7, 11) is 0. The summed E-state index contributed by atoms with van der Waals surface area (Å²) >= 11 is 1.73. The van der Waals surface area contributed by atoms with Crippen LogP contribution in [0.2, 0.25) is 0 Å². The van der Waals surface area contributed by atoms with Gasteiger partial charge in [0.25, 0.3) is 0 Å². The van der Waals surface area contributed by atoms with Crippen LogP contribution in [0.5, 0.6) is 5.75 Å². The lowest BCUT2D eigenvalue weighted by atomic mass is 10.2. The molecule has 1 aromatic carbocycles. The van der Waals surface area contributed by atoms with Crippen LogP contribution in [-0.4, -0.2) is 17.7 Å². The molecule has 1 rings (SSSR count). The molecule has 0 saturated heterocycles. The molecule has 0 aliphatic carbocycles. The van der Waals surface area contributed by atoms with E-state index in [1.165, 1.54) is 6.07 Å². The summed E-state index contributed by atoms with van der Waals surface area (Å²) in [6.45, 7) is 1.87. The van der Waals surface area contributed by atoms with Gasteiger partial charge in [-0.15, -0.1) is 0 Å². The topological polar surface area (TPSA) is 46.5 Å². The maximum atomic E-state index is 12.9. The first-order valence-corrected chi connectivity index (χ1v) is 4.99. The highest BCUT2D eigenvalue weighted by molar-refractivity contribution is 14.1. The lowest BCUT2D eigenvalue weighted by Crippen LogP contribution is -2.05. The van der Waals surface area contributed by atoms with Gasteiger partial charge in [0.2, 0.25) is 0 Å². The van der Waals surface area contributed by atoms with Crippen molar-refractivity contribution in [2.45, 2.75) is 6.92 Å². The molecule has 0 radical (unpaired) electrons. The van der Waals surface area contributed by atoms with E-state index in [-0.39, 0.29) is 15.7 Å². The van der Waals surface area contributed by atoms with Crippen LogP contribution in [0.4, 0.5) is 4.39 Å². The molecule has 76 valence electrons.